The summed E-state index contributed by atoms with van der Waals surface area (Å²) in [6, 6.07) is 7.50. The zero-order chi connectivity index (χ0) is 23.0. The van der Waals surface area contributed by atoms with Crippen LogP contribution in [0.4, 0.5) is 5.69 Å². The standard InChI is InChI=1S/C20H21Cl2N3O6/c1-29-15-8-11(9-16(30-2)19(15)31-3)20(28)25-24-18(27)7-6-17(26)23-14-5-4-12(21)10-13(14)22/h4-5,8-10H,6-7H2,1-3H3,(H,23,26)(H,24,27)(H,25,28). The molecule has 0 saturated carbocycles. The molecule has 0 radical (unpaired) electrons. The van der Waals surface area contributed by atoms with Crippen LogP contribution in [-0.4, -0.2) is 39.1 Å². The van der Waals surface area contributed by atoms with Crippen molar-refractivity contribution in [3.63, 3.8) is 0 Å². The summed E-state index contributed by atoms with van der Waals surface area (Å²) in [7, 11) is 4.28. The third kappa shape index (κ3) is 6.66. The molecule has 0 aliphatic heterocycles. The van der Waals surface area contributed by atoms with E-state index < -0.39 is 17.7 Å². The second-order valence-electron chi connectivity index (χ2n) is 6.09. The van der Waals surface area contributed by atoms with E-state index in [0.717, 1.165) is 0 Å². The van der Waals surface area contributed by atoms with Crippen LogP contribution in [0.5, 0.6) is 17.2 Å². The van der Waals surface area contributed by atoms with Gasteiger partial charge in [-0.2, -0.15) is 0 Å². The van der Waals surface area contributed by atoms with Gasteiger partial charge in [0.05, 0.1) is 32.0 Å². The second kappa shape index (κ2) is 11.3. The van der Waals surface area contributed by atoms with Crippen LogP contribution in [0.2, 0.25) is 10.0 Å². The molecule has 0 spiro atoms. The Balaban J connectivity index is 1.88. The van der Waals surface area contributed by atoms with Crippen LogP contribution >= 0.6 is 23.2 Å². The summed E-state index contributed by atoms with van der Waals surface area (Å²) in [5.41, 5.74) is 5.07. The predicted octanol–water partition coefficient (Wildman–Crippen LogP) is 3.20. The summed E-state index contributed by atoms with van der Waals surface area (Å²) in [5.74, 6) is -0.678. The molecule has 9 nitrogen and oxygen atoms in total. The average molecular weight is 470 g/mol. The van der Waals surface area contributed by atoms with Crippen LogP contribution < -0.4 is 30.4 Å². The summed E-state index contributed by atoms with van der Waals surface area (Å²) in [6.45, 7) is 0. The molecule has 0 aliphatic carbocycles. The maximum absolute atomic E-state index is 12.3. The van der Waals surface area contributed by atoms with Gasteiger partial charge in [-0.3, -0.25) is 25.2 Å². The monoisotopic (exact) mass is 469 g/mol. The number of carbonyl (C=O) groups is 3. The van der Waals surface area contributed by atoms with Gasteiger partial charge in [-0.1, -0.05) is 23.2 Å². The topological polar surface area (TPSA) is 115 Å². The van der Waals surface area contributed by atoms with E-state index in [2.05, 4.69) is 16.2 Å². The summed E-state index contributed by atoms with van der Waals surface area (Å²) < 4.78 is 15.6. The first kappa shape index (κ1) is 24.1. The number of hydrogen-bond donors (Lipinski definition) is 3. The van der Waals surface area contributed by atoms with Crippen molar-refractivity contribution in [3.8, 4) is 17.2 Å². The number of amides is 3. The van der Waals surface area contributed by atoms with E-state index in [4.69, 9.17) is 37.4 Å². The van der Waals surface area contributed by atoms with Crippen LogP contribution in [0.15, 0.2) is 30.3 Å². The Morgan fingerprint density at radius 2 is 1.45 bits per heavy atom. The fourth-order valence-corrected chi connectivity index (χ4v) is 2.96. The molecule has 2 aromatic rings. The molecule has 0 bridgehead atoms. The van der Waals surface area contributed by atoms with Crippen molar-refractivity contribution in [2.75, 3.05) is 26.6 Å². The highest BCUT2D eigenvalue weighted by molar-refractivity contribution is 6.36. The third-order valence-corrected chi connectivity index (χ3v) is 4.57. The van der Waals surface area contributed by atoms with Crippen LogP contribution in [0.25, 0.3) is 0 Å². The van der Waals surface area contributed by atoms with E-state index in [-0.39, 0.29) is 34.9 Å². The molecule has 2 aromatic carbocycles. The Morgan fingerprint density at radius 1 is 0.839 bits per heavy atom. The number of ether oxygens (including phenoxy) is 3. The lowest BCUT2D eigenvalue weighted by Crippen LogP contribution is -2.41. The lowest BCUT2D eigenvalue weighted by molar-refractivity contribution is -0.124. The van der Waals surface area contributed by atoms with Crippen molar-refractivity contribution in [1.82, 2.24) is 10.9 Å². The largest absolute Gasteiger partial charge is 0.493 e. The molecule has 0 unspecified atom stereocenters. The van der Waals surface area contributed by atoms with E-state index in [1.165, 1.54) is 39.5 Å². The minimum Gasteiger partial charge on any atom is -0.493 e. The number of hydrazine groups is 1. The second-order valence-corrected chi connectivity index (χ2v) is 6.93. The van der Waals surface area contributed by atoms with Crippen LogP contribution in [0, 0.1) is 0 Å². The summed E-state index contributed by atoms with van der Waals surface area (Å²) in [6.07, 6.45) is -0.280. The van der Waals surface area contributed by atoms with Gasteiger partial charge in [-0.25, -0.2) is 0 Å². The molecule has 2 rings (SSSR count). The maximum Gasteiger partial charge on any atom is 0.269 e. The molecule has 3 amide bonds. The number of methoxy groups -OCH3 is 3. The van der Waals surface area contributed by atoms with Gasteiger partial charge in [0, 0.05) is 23.4 Å². The Labute approximate surface area is 188 Å². The minimum atomic E-state index is -0.606. The first-order chi connectivity index (χ1) is 14.8. The maximum atomic E-state index is 12.3. The molecule has 0 atom stereocenters. The SMILES string of the molecule is COc1cc(C(=O)NNC(=O)CCC(=O)Nc2ccc(Cl)cc2Cl)cc(OC)c1OC. The molecule has 0 aliphatic rings. The molecule has 3 N–H and O–H groups in total. The first-order valence-corrected chi connectivity index (χ1v) is 9.68. The zero-order valence-electron chi connectivity index (χ0n) is 17.0. The Kier molecular flexibility index (Phi) is 8.77. The van der Waals surface area contributed by atoms with E-state index in [1.807, 2.05) is 0 Å². The lowest BCUT2D eigenvalue weighted by atomic mass is 10.1. The number of anilines is 1. The molecule has 0 saturated heterocycles. The van der Waals surface area contributed by atoms with Crippen molar-refractivity contribution >= 4 is 46.6 Å². The van der Waals surface area contributed by atoms with Crippen LogP contribution in [-0.2, 0) is 9.59 Å². The molecule has 166 valence electrons. The van der Waals surface area contributed by atoms with E-state index in [9.17, 15) is 14.4 Å². The molecule has 0 fully saturated rings. The highest BCUT2D eigenvalue weighted by atomic mass is 35.5. The number of rotatable bonds is 8. The number of hydrogen-bond acceptors (Lipinski definition) is 6. The Hall–Kier alpha value is -3.17. The number of halogens is 2. The van der Waals surface area contributed by atoms with E-state index in [0.29, 0.717) is 16.5 Å². The fourth-order valence-electron chi connectivity index (χ4n) is 2.50. The summed E-state index contributed by atoms with van der Waals surface area (Å²) in [5, 5.41) is 3.30. The van der Waals surface area contributed by atoms with Crippen molar-refractivity contribution in [3.05, 3.63) is 45.9 Å². The Morgan fingerprint density at radius 3 is 2.00 bits per heavy atom. The highest BCUT2D eigenvalue weighted by Gasteiger charge is 2.17. The molecule has 0 heterocycles. The van der Waals surface area contributed by atoms with Gasteiger partial charge in [0.25, 0.3) is 5.91 Å². The highest BCUT2D eigenvalue weighted by Crippen LogP contribution is 2.38. The molecule has 11 heteroatoms. The molecular weight excluding hydrogens is 449 g/mol. The van der Waals surface area contributed by atoms with Gasteiger partial charge in [0.2, 0.25) is 17.6 Å². The van der Waals surface area contributed by atoms with Gasteiger partial charge in [0.15, 0.2) is 11.5 Å². The van der Waals surface area contributed by atoms with Crippen LogP contribution in [0.3, 0.4) is 0 Å². The van der Waals surface area contributed by atoms with Crippen molar-refractivity contribution in [1.29, 1.82) is 0 Å². The summed E-state index contributed by atoms with van der Waals surface area (Å²) in [4.78, 5) is 36.3. The van der Waals surface area contributed by atoms with E-state index in [1.54, 1.807) is 12.1 Å². The van der Waals surface area contributed by atoms with E-state index >= 15 is 0 Å². The third-order valence-electron chi connectivity index (χ3n) is 4.03. The van der Waals surface area contributed by atoms with Crippen molar-refractivity contribution in [2.24, 2.45) is 0 Å². The number of nitrogens with one attached hydrogen (secondary N) is 3. The number of carbonyl (C=O) groups excluding carboxylic acids is 3. The Bertz CT molecular complexity index is 958. The average Bonchev–Trinajstić information content (AvgIpc) is 2.76. The van der Waals surface area contributed by atoms with Gasteiger partial charge in [-0.15, -0.1) is 0 Å². The van der Waals surface area contributed by atoms with Gasteiger partial charge < -0.3 is 19.5 Å². The van der Waals surface area contributed by atoms with Gasteiger partial charge in [-0.05, 0) is 30.3 Å². The molecule has 31 heavy (non-hydrogen) atoms. The normalized spacial score (nSPS) is 10.1. The van der Waals surface area contributed by atoms with Crippen molar-refractivity contribution < 1.29 is 28.6 Å². The quantitative estimate of drug-likeness (QED) is 0.511. The number of benzene rings is 2. The molecular formula is C20H21Cl2N3O6. The predicted molar refractivity (Wildman–Crippen MR) is 116 cm³/mol. The first-order valence-electron chi connectivity index (χ1n) is 8.93. The zero-order valence-corrected chi connectivity index (χ0v) is 18.5. The lowest BCUT2D eigenvalue weighted by Gasteiger charge is -2.14. The summed E-state index contributed by atoms with van der Waals surface area (Å²) >= 11 is 11.8. The van der Waals surface area contributed by atoms with Gasteiger partial charge in [0.1, 0.15) is 0 Å². The van der Waals surface area contributed by atoms with Crippen molar-refractivity contribution in [2.45, 2.75) is 12.8 Å². The molecule has 0 aromatic heterocycles. The fraction of sp³-hybridized carbons (Fsp3) is 0.250. The minimum absolute atomic E-state index is 0.120. The van der Waals surface area contributed by atoms with Gasteiger partial charge >= 0.3 is 0 Å². The smallest absolute Gasteiger partial charge is 0.269 e. The van der Waals surface area contributed by atoms with Crippen LogP contribution in [0.1, 0.15) is 23.2 Å².